The van der Waals surface area contributed by atoms with E-state index in [2.05, 4.69) is 5.32 Å². The van der Waals surface area contributed by atoms with Gasteiger partial charge in [0, 0.05) is 22.0 Å². The average Bonchev–Trinajstić information content (AvgIpc) is 2.39. The quantitative estimate of drug-likeness (QED) is 0.759. The Hall–Kier alpha value is -2.53. The number of anilines is 2. The summed E-state index contributed by atoms with van der Waals surface area (Å²) in [6.45, 7) is 1.69. The van der Waals surface area contributed by atoms with E-state index in [0.29, 0.717) is 27.5 Å². The van der Waals surface area contributed by atoms with E-state index in [4.69, 9.17) is 22.4 Å². The van der Waals surface area contributed by atoms with Crippen LogP contribution in [0.1, 0.15) is 26.3 Å². The number of amides is 1. The van der Waals surface area contributed by atoms with E-state index in [0.717, 1.165) is 0 Å². The van der Waals surface area contributed by atoms with Gasteiger partial charge in [0.05, 0.1) is 5.56 Å². The summed E-state index contributed by atoms with van der Waals surface area (Å²) in [5.41, 5.74) is 7.46. The summed E-state index contributed by atoms with van der Waals surface area (Å²) in [4.78, 5) is 23.2. The van der Waals surface area contributed by atoms with E-state index in [1.54, 1.807) is 19.1 Å². The molecule has 0 heterocycles. The second-order valence-electron chi connectivity index (χ2n) is 4.56. The minimum absolute atomic E-state index is 0.137. The second-order valence-corrected chi connectivity index (χ2v) is 5.00. The van der Waals surface area contributed by atoms with Crippen LogP contribution >= 0.6 is 11.6 Å². The number of nitrogens with one attached hydrogen (secondary N) is 1. The summed E-state index contributed by atoms with van der Waals surface area (Å²) < 4.78 is 0. The largest absolute Gasteiger partial charge is 0.478 e. The van der Waals surface area contributed by atoms with Crippen molar-refractivity contribution in [1.82, 2.24) is 0 Å². The molecule has 0 aliphatic rings. The van der Waals surface area contributed by atoms with Crippen molar-refractivity contribution < 1.29 is 14.7 Å². The molecule has 0 spiro atoms. The molecule has 0 atom stereocenters. The molecule has 0 bridgehead atoms. The van der Waals surface area contributed by atoms with Crippen molar-refractivity contribution in [1.29, 1.82) is 0 Å². The Bertz CT molecular complexity index is 709. The zero-order valence-corrected chi connectivity index (χ0v) is 11.9. The minimum Gasteiger partial charge on any atom is -0.478 e. The van der Waals surface area contributed by atoms with E-state index in [1.807, 2.05) is 0 Å². The molecule has 0 aromatic heterocycles. The molecule has 0 radical (unpaired) electrons. The van der Waals surface area contributed by atoms with Crippen molar-refractivity contribution in [3.8, 4) is 0 Å². The fourth-order valence-electron chi connectivity index (χ4n) is 1.88. The van der Waals surface area contributed by atoms with Crippen molar-refractivity contribution in [3.05, 3.63) is 58.1 Å². The first-order valence-electron chi connectivity index (χ1n) is 6.08. The van der Waals surface area contributed by atoms with Crippen molar-refractivity contribution in [2.45, 2.75) is 6.92 Å². The lowest BCUT2D eigenvalue weighted by Crippen LogP contribution is -2.13. The lowest BCUT2D eigenvalue weighted by Gasteiger charge is -2.08. The fourth-order valence-corrected chi connectivity index (χ4v) is 2.12. The van der Waals surface area contributed by atoms with E-state index in [-0.39, 0.29) is 5.56 Å². The number of aryl methyl sites for hydroxylation is 1. The molecule has 0 aliphatic carbocycles. The predicted octanol–water partition coefficient (Wildman–Crippen LogP) is 3.18. The Morgan fingerprint density at radius 2 is 1.90 bits per heavy atom. The predicted molar refractivity (Wildman–Crippen MR) is 82.0 cm³/mol. The van der Waals surface area contributed by atoms with Crippen LogP contribution in [0.2, 0.25) is 5.02 Å². The standard InChI is InChI=1S/C15H13ClN2O3/c1-8-2-3-12(7-13(8)15(20)21)18-14(19)9-4-10(16)6-11(17)5-9/h2-7H,17H2,1H3,(H,18,19)(H,20,21). The maximum absolute atomic E-state index is 12.1. The van der Waals surface area contributed by atoms with Gasteiger partial charge in [-0.15, -0.1) is 0 Å². The number of nitrogen functional groups attached to an aromatic ring is 1. The third-order valence-electron chi connectivity index (χ3n) is 2.91. The summed E-state index contributed by atoms with van der Waals surface area (Å²) in [7, 11) is 0. The Balaban J connectivity index is 2.27. The molecular formula is C15H13ClN2O3. The van der Waals surface area contributed by atoms with Gasteiger partial charge in [0.15, 0.2) is 0 Å². The van der Waals surface area contributed by atoms with Crippen LogP contribution in [0.15, 0.2) is 36.4 Å². The number of benzene rings is 2. The van der Waals surface area contributed by atoms with Crippen LogP contribution in [0.25, 0.3) is 0 Å². The van der Waals surface area contributed by atoms with Crippen LogP contribution in [-0.4, -0.2) is 17.0 Å². The minimum atomic E-state index is -1.05. The highest BCUT2D eigenvalue weighted by Gasteiger charge is 2.11. The van der Waals surface area contributed by atoms with Gasteiger partial charge >= 0.3 is 5.97 Å². The van der Waals surface area contributed by atoms with Crippen molar-refractivity contribution in [3.63, 3.8) is 0 Å². The number of carboxylic acid groups (broad SMARTS) is 1. The van der Waals surface area contributed by atoms with Gasteiger partial charge in [0.1, 0.15) is 0 Å². The zero-order chi connectivity index (χ0) is 15.6. The molecule has 1 amide bonds. The maximum atomic E-state index is 12.1. The molecule has 0 fully saturated rings. The molecule has 0 saturated heterocycles. The van der Waals surface area contributed by atoms with Gasteiger partial charge in [-0.2, -0.15) is 0 Å². The molecule has 2 rings (SSSR count). The highest BCUT2D eigenvalue weighted by atomic mass is 35.5. The molecule has 0 unspecified atom stereocenters. The molecule has 2 aromatic carbocycles. The molecule has 108 valence electrons. The van der Waals surface area contributed by atoms with Crippen molar-refractivity contribution in [2.75, 3.05) is 11.1 Å². The average molecular weight is 305 g/mol. The number of aromatic carboxylic acids is 1. The summed E-state index contributed by atoms with van der Waals surface area (Å²) in [5.74, 6) is -1.46. The Morgan fingerprint density at radius 3 is 2.52 bits per heavy atom. The fraction of sp³-hybridized carbons (Fsp3) is 0.0667. The lowest BCUT2D eigenvalue weighted by atomic mass is 10.1. The topological polar surface area (TPSA) is 92.4 Å². The summed E-state index contributed by atoms with van der Waals surface area (Å²) in [6.07, 6.45) is 0. The van der Waals surface area contributed by atoms with Crippen LogP contribution in [0.3, 0.4) is 0 Å². The molecule has 0 saturated carbocycles. The number of nitrogens with two attached hydrogens (primary N) is 1. The van der Waals surface area contributed by atoms with Crippen LogP contribution in [0, 0.1) is 6.92 Å². The van der Waals surface area contributed by atoms with Gasteiger partial charge < -0.3 is 16.2 Å². The zero-order valence-electron chi connectivity index (χ0n) is 11.2. The smallest absolute Gasteiger partial charge is 0.336 e. The normalized spacial score (nSPS) is 10.2. The van der Waals surface area contributed by atoms with Crippen LogP contribution in [0.5, 0.6) is 0 Å². The molecular weight excluding hydrogens is 292 g/mol. The van der Waals surface area contributed by atoms with E-state index >= 15 is 0 Å². The Kier molecular flexibility index (Phi) is 4.14. The summed E-state index contributed by atoms with van der Waals surface area (Å²) >= 11 is 5.85. The summed E-state index contributed by atoms with van der Waals surface area (Å²) in [5, 5.41) is 12.0. The first-order chi connectivity index (χ1) is 9.86. The monoisotopic (exact) mass is 304 g/mol. The Labute approximate surface area is 126 Å². The molecule has 5 nitrogen and oxygen atoms in total. The third kappa shape index (κ3) is 3.52. The van der Waals surface area contributed by atoms with E-state index in [1.165, 1.54) is 24.3 Å². The number of carbonyl (C=O) groups is 2. The summed E-state index contributed by atoms with van der Waals surface area (Å²) in [6, 6.07) is 9.18. The van der Waals surface area contributed by atoms with Crippen LogP contribution < -0.4 is 11.1 Å². The number of rotatable bonds is 3. The van der Waals surface area contributed by atoms with Crippen LogP contribution in [0.4, 0.5) is 11.4 Å². The van der Waals surface area contributed by atoms with Crippen LogP contribution in [-0.2, 0) is 0 Å². The first kappa shape index (κ1) is 14.9. The number of carbonyl (C=O) groups excluding carboxylic acids is 1. The van der Waals surface area contributed by atoms with Gasteiger partial charge in [0.2, 0.25) is 0 Å². The number of hydrogen-bond acceptors (Lipinski definition) is 3. The highest BCUT2D eigenvalue weighted by molar-refractivity contribution is 6.31. The second kappa shape index (κ2) is 5.85. The third-order valence-corrected chi connectivity index (χ3v) is 3.13. The van der Waals surface area contributed by atoms with Gasteiger partial charge in [-0.05, 0) is 42.8 Å². The molecule has 2 aromatic rings. The highest BCUT2D eigenvalue weighted by Crippen LogP contribution is 2.19. The van der Waals surface area contributed by atoms with Gasteiger partial charge in [-0.3, -0.25) is 4.79 Å². The first-order valence-corrected chi connectivity index (χ1v) is 6.46. The maximum Gasteiger partial charge on any atom is 0.336 e. The van der Waals surface area contributed by atoms with Crippen molar-refractivity contribution in [2.24, 2.45) is 0 Å². The van der Waals surface area contributed by atoms with E-state index < -0.39 is 11.9 Å². The molecule has 6 heteroatoms. The van der Waals surface area contributed by atoms with Gasteiger partial charge in [-0.25, -0.2) is 4.79 Å². The number of hydrogen-bond donors (Lipinski definition) is 3. The van der Waals surface area contributed by atoms with E-state index in [9.17, 15) is 9.59 Å². The number of halogens is 1. The Morgan fingerprint density at radius 1 is 1.19 bits per heavy atom. The molecule has 21 heavy (non-hydrogen) atoms. The number of carboxylic acids is 1. The lowest BCUT2D eigenvalue weighted by molar-refractivity contribution is 0.0695. The molecule has 4 N–H and O–H groups in total. The van der Waals surface area contributed by atoms with Gasteiger partial charge in [0.25, 0.3) is 5.91 Å². The van der Waals surface area contributed by atoms with Gasteiger partial charge in [-0.1, -0.05) is 17.7 Å². The molecule has 0 aliphatic heterocycles. The SMILES string of the molecule is Cc1ccc(NC(=O)c2cc(N)cc(Cl)c2)cc1C(=O)O. The van der Waals surface area contributed by atoms with Crippen molar-refractivity contribution >= 4 is 34.9 Å².